The highest BCUT2D eigenvalue weighted by Crippen LogP contribution is 2.18. The lowest BCUT2D eigenvalue weighted by Crippen LogP contribution is -2.22. The van der Waals surface area contributed by atoms with E-state index in [0.717, 1.165) is 9.87 Å². The highest BCUT2D eigenvalue weighted by molar-refractivity contribution is 7.99. The molecule has 0 saturated heterocycles. The monoisotopic (exact) mass is 382 g/mol. The van der Waals surface area contributed by atoms with E-state index in [4.69, 9.17) is 0 Å². The van der Waals surface area contributed by atoms with Gasteiger partial charge in [0.05, 0.1) is 10.6 Å². The molecular weight excluding hydrogens is 363 g/mol. The van der Waals surface area contributed by atoms with Gasteiger partial charge in [-0.2, -0.15) is 0 Å². The first-order valence-corrected chi connectivity index (χ1v) is 10.0. The molecule has 1 N–H and O–H groups in total. The summed E-state index contributed by atoms with van der Waals surface area (Å²) in [5.74, 6) is 0.249. The standard InChI is InChI=1S/C17H19FN2O3S2/c1-20(2)25(22,23)16-8-6-15(7-9-16)19-17(21)12-24-11-13-4-3-5-14(18)10-13/h3-10H,11-12H2,1-2H3,(H,19,21). The molecule has 2 rings (SSSR count). The van der Waals surface area contributed by atoms with E-state index in [-0.39, 0.29) is 22.4 Å². The number of nitrogens with zero attached hydrogens (tertiary/aromatic N) is 1. The molecule has 0 aromatic heterocycles. The molecule has 0 unspecified atom stereocenters. The third kappa shape index (κ3) is 5.55. The molecule has 0 heterocycles. The molecule has 5 nitrogen and oxygen atoms in total. The van der Waals surface area contributed by atoms with Crippen molar-refractivity contribution in [1.29, 1.82) is 0 Å². The molecule has 0 atom stereocenters. The molecule has 0 fully saturated rings. The van der Waals surface area contributed by atoms with Gasteiger partial charge >= 0.3 is 0 Å². The van der Waals surface area contributed by atoms with E-state index in [2.05, 4.69) is 5.32 Å². The molecule has 0 aliphatic carbocycles. The Morgan fingerprint density at radius 3 is 2.44 bits per heavy atom. The molecule has 0 aliphatic rings. The Hall–Kier alpha value is -1.90. The molecule has 25 heavy (non-hydrogen) atoms. The van der Waals surface area contributed by atoms with Crippen molar-refractivity contribution < 1.29 is 17.6 Å². The normalized spacial score (nSPS) is 11.5. The molecule has 0 spiro atoms. The second-order valence-electron chi connectivity index (χ2n) is 5.48. The number of halogens is 1. The second-order valence-corrected chi connectivity index (χ2v) is 8.62. The number of thioether (sulfide) groups is 1. The lowest BCUT2D eigenvalue weighted by Gasteiger charge is -2.12. The Morgan fingerprint density at radius 2 is 1.84 bits per heavy atom. The Bertz CT molecular complexity index is 837. The van der Waals surface area contributed by atoms with Crippen molar-refractivity contribution >= 4 is 33.4 Å². The Kier molecular flexibility index (Phi) is 6.57. The molecular formula is C17H19FN2O3S2. The quantitative estimate of drug-likeness (QED) is 0.800. The maximum absolute atomic E-state index is 13.1. The fourth-order valence-corrected chi connectivity index (χ4v) is 3.68. The predicted molar refractivity (Wildman–Crippen MR) is 98.5 cm³/mol. The highest BCUT2D eigenvalue weighted by Gasteiger charge is 2.16. The predicted octanol–water partition coefficient (Wildman–Crippen LogP) is 2.95. The summed E-state index contributed by atoms with van der Waals surface area (Å²) >= 11 is 1.37. The van der Waals surface area contributed by atoms with Gasteiger partial charge in [-0.05, 0) is 42.0 Å². The van der Waals surface area contributed by atoms with E-state index in [0.29, 0.717) is 11.4 Å². The van der Waals surface area contributed by atoms with Crippen molar-refractivity contribution in [3.05, 3.63) is 59.9 Å². The van der Waals surface area contributed by atoms with Crippen LogP contribution in [0.15, 0.2) is 53.4 Å². The Balaban J connectivity index is 1.86. The summed E-state index contributed by atoms with van der Waals surface area (Å²) in [6.45, 7) is 0. The van der Waals surface area contributed by atoms with E-state index < -0.39 is 10.0 Å². The molecule has 2 aromatic carbocycles. The lowest BCUT2D eigenvalue weighted by molar-refractivity contribution is -0.113. The zero-order valence-corrected chi connectivity index (χ0v) is 15.5. The average molecular weight is 382 g/mol. The summed E-state index contributed by atoms with van der Waals surface area (Å²) < 4.78 is 38.1. The van der Waals surface area contributed by atoms with Gasteiger partial charge in [0.2, 0.25) is 15.9 Å². The number of anilines is 1. The van der Waals surface area contributed by atoms with Crippen LogP contribution in [0.1, 0.15) is 5.56 Å². The number of amides is 1. The maximum atomic E-state index is 13.1. The SMILES string of the molecule is CN(C)S(=O)(=O)c1ccc(NC(=O)CSCc2cccc(F)c2)cc1. The van der Waals surface area contributed by atoms with Gasteiger partial charge in [0.25, 0.3) is 0 Å². The zero-order valence-electron chi connectivity index (χ0n) is 13.9. The third-order valence-electron chi connectivity index (χ3n) is 3.31. The van der Waals surface area contributed by atoms with Crippen LogP contribution in [0.4, 0.5) is 10.1 Å². The number of nitrogens with one attached hydrogen (secondary N) is 1. The number of rotatable bonds is 7. The molecule has 0 saturated carbocycles. The van der Waals surface area contributed by atoms with Crippen molar-refractivity contribution in [2.24, 2.45) is 0 Å². The minimum Gasteiger partial charge on any atom is -0.325 e. The molecule has 0 radical (unpaired) electrons. The molecule has 0 aliphatic heterocycles. The van der Waals surface area contributed by atoms with Gasteiger partial charge in [0, 0.05) is 25.5 Å². The highest BCUT2D eigenvalue weighted by atomic mass is 32.2. The van der Waals surface area contributed by atoms with Crippen LogP contribution in [-0.4, -0.2) is 38.5 Å². The van der Waals surface area contributed by atoms with Crippen molar-refractivity contribution in [1.82, 2.24) is 4.31 Å². The second kappa shape index (κ2) is 8.46. The summed E-state index contributed by atoms with van der Waals surface area (Å²) in [5.41, 5.74) is 1.34. The first-order chi connectivity index (χ1) is 11.8. The number of carbonyl (C=O) groups excluding carboxylic acids is 1. The average Bonchev–Trinajstić information content (AvgIpc) is 2.55. The third-order valence-corrected chi connectivity index (χ3v) is 6.14. The van der Waals surface area contributed by atoms with Crippen LogP contribution < -0.4 is 5.32 Å². The van der Waals surface area contributed by atoms with Gasteiger partial charge in [-0.25, -0.2) is 17.1 Å². The van der Waals surface area contributed by atoms with Crippen LogP contribution in [0.2, 0.25) is 0 Å². The number of hydrogen-bond acceptors (Lipinski definition) is 4. The van der Waals surface area contributed by atoms with Crippen LogP contribution >= 0.6 is 11.8 Å². The van der Waals surface area contributed by atoms with Gasteiger partial charge in [-0.3, -0.25) is 4.79 Å². The van der Waals surface area contributed by atoms with E-state index in [1.54, 1.807) is 24.3 Å². The van der Waals surface area contributed by atoms with E-state index in [1.807, 2.05) is 0 Å². The Labute approximate surface area is 151 Å². The van der Waals surface area contributed by atoms with Crippen LogP contribution in [0, 0.1) is 5.82 Å². The van der Waals surface area contributed by atoms with Gasteiger partial charge in [-0.15, -0.1) is 11.8 Å². The van der Waals surface area contributed by atoms with Gasteiger partial charge < -0.3 is 5.32 Å². The first kappa shape index (κ1) is 19.4. The van der Waals surface area contributed by atoms with Crippen LogP contribution in [0.3, 0.4) is 0 Å². The van der Waals surface area contributed by atoms with Gasteiger partial charge in [-0.1, -0.05) is 12.1 Å². The fourth-order valence-electron chi connectivity index (χ4n) is 2.01. The minimum atomic E-state index is -3.48. The van der Waals surface area contributed by atoms with E-state index >= 15 is 0 Å². The van der Waals surface area contributed by atoms with Crippen LogP contribution in [-0.2, 0) is 20.6 Å². The van der Waals surface area contributed by atoms with Crippen molar-refractivity contribution in [2.45, 2.75) is 10.6 Å². The Morgan fingerprint density at radius 1 is 1.16 bits per heavy atom. The first-order valence-electron chi connectivity index (χ1n) is 7.43. The summed E-state index contributed by atoms with van der Waals surface area (Å²) in [6, 6.07) is 12.2. The smallest absolute Gasteiger partial charge is 0.242 e. The summed E-state index contributed by atoms with van der Waals surface area (Å²) in [6.07, 6.45) is 0. The summed E-state index contributed by atoms with van der Waals surface area (Å²) in [7, 11) is -0.566. The summed E-state index contributed by atoms with van der Waals surface area (Å²) in [4.78, 5) is 12.1. The van der Waals surface area contributed by atoms with Gasteiger partial charge in [0.15, 0.2) is 0 Å². The van der Waals surface area contributed by atoms with Gasteiger partial charge in [0.1, 0.15) is 5.82 Å². The number of carbonyl (C=O) groups is 1. The molecule has 8 heteroatoms. The minimum absolute atomic E-state index is 0.163. The molecule has 134 valence electrons. The number of hydrogen-bond donors (Lipinski definition) is 1. The lowest BCUT2D eigenvalue weighted by atomic mass is 10.2. The fraction of sp³-hybridized carbons (Fsp3) is 0.235. The number of sulfonamides is 1. The maximum Gasteiger partial charge on any atom is 0.242 e. The van der Waals surface area contributed by atoms with Crippen LogP contribution in [0.5, 0.6) is 0 Å². The number of benzene rings is 2. The van der Waals surface area contributed by atoms with E-state index in [9.17, 15) is 17.6 Å². The molecule has 1 amide bonds. The summed E-state index contributed by atoms with van der Waals surface area (Å²) in [5, 5.41) is 2.71. The van der Waals surface area contributed by atoms with Crippen molar-refractivity contribution in [3.63, 3.8) is 0 Å². The topological polar surface area (TPSA) is 66.5 Å². The van der Waals surface area contributed by atoms with Crippen molar-refractivity contribution in [3.8, 4) is 0 Å². The van der Waals surface area contributed by atoms with Crippen LogP contribution in [0.25, 0.3) is 0 Å². The largest absolute Gasteiger partial charge is 0.325 e. The molecule has 2 aromatic rings. The zero-order chi connectivity index (χ0) is 18.4. The van der Waals surface area contributed by atoms with E-state index in [1.165, 1.54) is 50.1 Å². The van der Waals surface area contributed by atoms with Crippen molar-refractivity contribution in [2.75, 3.05) is 25.2 Å². The molecule has 0 bridgehead atoms.